The van der Waals surface area contributed by atoms with Gasteiger partial charge in [0.2, 0.25) is 5.91 Å². The van der Waals surface area contributed by atoms with Gasteiger partial charge in [0.1, 0.15) is 6.10 Å². The zero-order valence-corrected chi connectivity index (χ0v) is 14.1. The van der Waals surface area contributed by atoms with Gasteiger partial charge in [-0.1, -0.05) is 13.3 Å². The van der Waals surface area contributed by atoms with Gasteiger partial charge in [-0.15, -0.1) is 0 Å². The maximum Gasteiger partial charge on any atom is 0.311 e. The summed E-state index contributed by atoms with van der Waals surface area (Å²) in [5, 5.41) is 3.17. The molecule has 1 amide bonds. The summed E-state index contributed by atoms with van der Waals surface area (Å²) in [4.78, 5) is 24.3. The Labute approximate surface area is 133 Å². The van der Waals surface area contributed by atoms with Gasteiger partial charge in [-0.05, 0) is 57.3 Å². The van der Waals surface area contributed by atoms with Crippen molar-refractivity contribution in [2.24, 2.45) is 23.2 Å². The Morgan fingerprint density at radius 2 is 2.00 bits per heavy atom. The van der Waals surface area contributed by atoms with Crippen LogP contribution in [0.2, 0.25) is 0 Å². The third-order valence-corrected chi connectivity index (χ3v) is 6.29. The van der Waals surface area contributed by atoms with Crippen molar-refractivity contribution in [1.82, 2.24) is 5.32 Å². The second-order valence-electron chi connectivity index (χ2n) is 8.14. The van der Waals surface area contributed by atoms with Crippen LogP contribution < -0.4 is 5.32 Å². The van der Waals surface area contributed by atoms with Gasteiger partial charge in [-0.3, -0.25) is 9.59 Å². The molecule has 0 aromatic carbocycles. The predicted molar refractivity (Wildman–Crippen MR) is 84.1 cm³/mol. The van der Waals surface area contributed by atoms with E-state index in [4.69, 9.17) is 4.74 Å². The molecular formula is C18H29NO3. The highest BCUT2D eigenvalue weighted by Gasteiger charge is 2.48. The fourth-order valence-electron chi connectivity index (χ4n) is 4.67. The fraction of sp³-hybridized carbons (Fsp3) is 0.889. The standard InChI is InChI=1S/C18H29NO3/c1-4-18(2,3)17(21)22-13-8-11-6-5-7-12-9-15(20)19-14(10-13)16(11)12/h11-14,16H,4-10H2,1-3H3,(H,19,20). The maximum atomic E-state index is 12.4. The van der Waals surface area contributed by atoms with E-state index in [-0.39, 0.29) is 24.0 Å². The predicted octanol–water partition coefficient (Wildman–Crippen LogP) is 3.05. The van der Waals surface area contributed by atoms with Gasteiger partial charge in [0.15, 0.2) is 0 Å². The molecule has 1 saturated heterocycles. The van der Waals surface area contributed by atoms with Crippen LogP contribution >= 0.6 is 0 Å². The van der Waals surface area contributed by atoms with Crippen molar-refractivity contribution in [1.29, 1.82) is 0 Å². The second-order valence-corrected chi connectivity index (χ2v) is 8.14. The molecule has 3 fully saturated rings. The Kier molecular flexibility index (Phi) is 4.21. The van der Waals surface area contributed by atoms with Crippen LogP contribution in [-0.4, -0.2) is 24.0 Å². The van der Waals surface area contributed by atoms with Crippen LogP contribution in [0.15, 0.2) is 0 Å². The van der Waals surface area contributed by atoms with Crippen molar-refractivity contribution in [3.05, 3.63) is 0 Å². The molecule has 2 aliphatic carbocycles. The first-order valence-electron chi connectivity index (χ1n) is 8.91. The van der Waals surface area contributed by atoms with E-state index < -0.39 is 5.41 Å². The molecule has 0 radical (unpaired) electrons. The number of hydrogen-bond donors (Lipinski definition) is 1. The number of piperidine rings is 1. The number of carbonyl (C=O) groups excluding carboxylic acids is 2. The van der Waals surface area contributed by atoms with Crippen LogP contribution in [0.1, 0.15) is 65.7 Å². The quantitative estimate of drug-likeness (QED) is 0.815. The molecule has 5 unspecified atom stereocenters. The third-order valence-electron chi connectivity index (χ3n) is 6.29. The number of amides is 1. The van der Waals surface area contributed by atoms with Gasteiger partial charge < -0.3 is 10.1 Å². The highest BCUT2D eigenvalue weighted by Crippen LogP contribution is 2.47. The molecule has 0 aromatic heterocycles. The van der Waals surface area contributed by atoms with Crippen molar-refractivity contribution >= 4 is 11.9 Å². The number of esters is 1. The van der Waals surface area contributed by atoms with E-state index in [1.807, 2.05) is 20.8 Å². The highest BCUT2D eigenvalue weighted by molar-refractivity contribution is 5.78. The van der Waals surface area contributed by atoms with Crippen LogP contribution in [0, 0.1) is 23.2 Å². The summed E-state index contributed by atoms with van der Waals surface area (Å²) in [7, 11) is 0. The first-order valence-corrected chi connectivity index (χ1v) is 8.91. The molecule has 1 N–H and O–H groups in total. The van der Waals surface area contributed by atoms with E-state index in [1.54, 1.807) is 0 Å². The average Bonchev–Trinajstić information content (AvgIpc) is 2.46. The smallest absolute Gasteiger partial charge is 0.311 e. The zero-order valence-electron chi connectivity index (χ0n) is 14.1. The van der Waals surface area contributed by atoms with E-state index in [0.29, 0.717) is 24.2 Å². The van der Waals surface area contributed by atoms with Gasteiger partial charge >= 0.3 is 5.97 Å². The lowest BCUT2D eigenvalue weighted by molar-refractivity contribution is -0.165. The van der Waals surface area contributed by atoms with Crippen LogP contribution in [0.5, 0.6) is 0 Å². The minimum Gasteiger partial charge on any atom is -0.462 e. The lowest BCUT2D eigenvalue weighted by Crippen LogP contribution is -2.57. The number of hydrogen-bond acceptors (Lipinski definition) is 3. The summed E-state index contributed by atoms with van der Waals surface area (Å²) in [6.07, 6.45) is 6.87. The fourth-order valence-corrected chi connectivity index (χ4v) is 4.67. The van der Waals surface area contributed by atoms with Crippen LogP contribution in [0.3, 0.4) is 0 Å². The van der Waals surface area contributed by atoms with E-state index in [0.717, 1.165) is 19.3 Å². The summed E-state index contributed by atoms with van der Waals surface area (Å²) >= 11 is 0. The summed E-state index contributed by atoms with van der Waals surface area (Å²) < 4.78 is 5.83. The largest absolute Gasteiger partial charge is 0.462 e. The monoisotopic (exact) mass is 307 g/mol. The van der Waals surface area contributed by atoms with Crippen LogP contribution in [-0.2, 0) is 14.3 Å². The first kappa shape index (κ1) is 15.8. The lowest BCUT2D eigenvalue weighted by Gasteiger charge is -2.51. The molecule has 3 rings (SSSR count). The molecule has 1 heterocycles. The SMILES string of the molecule is CCC(C)(C)C(=O)OC1CC2CCCC3CC(=O)NC(C1)C32. The molecule has 4 nitrogen and oxygen atoms in total. The number of ether oxygens (including phenoxy) is 1. The second kappa shape index (κ2) is 5.86. The van der Waals surface area contributed by atoms with Crippen LogP contribution in [0.4, 0.5) is 0 Å². The normalized spacial score (nSPS) is 38.0. The summed E-state index contributed by atoms with van der Waals surface area (Å²) in [5.41, 5.74) is -0.415. The van der Waals surface area contributed by atoms with Crippen LogP contribution in [0.25, 0.3) is 0 Å². The van der Waals surface area contributed by atoms with Gasteiger partial charge in [0, 0.05) is 18.9 Å². The topological polar surface area (TPSA) is 55.4 Å². The van der Waals surface area contributed by atoms with Gasteiger partial charge in [0.25, 0.3) is 0 Å². The van der Waals surface area contributed by atoms with E-state index in [2.05, 4.69) is 5.32 Å². The number of nitrogens with one attached hydrogen (secondary N) is 1. The Morgan fingerprint density at radius 3 is 2.73 bits per heavy atom. The Hall–Kier alpha value is -1.06. The van der Waals surface area contributed by atoms with Crippen molar-refractivity contribution in [2.75, 3.05) is 0 Å². The van der Waals surface area contributed by atoms with Gasteiger partial charge in [-0.25, -0.2) is 0 Å². The molecule has 1 aliphatic heterocycles. The molecule has 0 aromatic rings. The summed E-state index contributed by atoms with van der Waals surface area (Å²) in [5.74, 6) is 1.88. The minimum absolute atomic E-state index is 0.0262. The first-order chi connectivity index (χ1) is 10.4. The van der Waals surface area contributed by atoms with E-state index in [9.17, 15) is 9.59 Å². The van der Waals surface area contributed by atoms with Crippen molar-refractivity contribution in [3.8, 4) is 0 Å². The molecule has 124 valence electrons. The highest BCUT2D eigenvalue weighted by atomic mass is 16.5. The Morgan fingerprint density at radius 1 is 1.27 bits per heavy atom. The van der Waals surface area contributed by atoms with Crippen molar-refractivity contribution in [3.63, 3.8) is 0 Å². The van der Waals surface area contributed by atoms with Gasteiger partial charge in [-0.2, -0.15) is 0 Å². The van der Waals surface area contributed by atoms with E-state index in [1.165, 1.54) is 19.3 Å². The molecule has 22 heavy (non-hydrogen) atoms. The number of carbonyl (C=O) groups is 2. The average molecular weight is 307 g/mol. The maximum absolute atomic E-state index is 12.4. The van der Waals surface area contributed by atoms with Crippen molar-refractivity contribution < 1.29 is 14.3 Å². The summed E-state index contributed by atoms with van der Waals surface area (Å²) in [6.45, 7) is 5.91. The molecule has 3 aliphatic rings. The summed E-state index contributed by atoms with van der Waals surface area (Å²) in [6, 6.07) is 0.216. The molecule has 0 bridgehead atoms. The van der Waals surface area contributed by atoms with E-state index >= 15 is 0 Å². The van der Waals surface area contributed by atoms with Crippen molar-refractivity contribution in [2.45, 2.75) is 77.9 Å². The lowest BCUT2D eigenvalue weighted by atomic mass is 9.60. The molecule has 2 saturated carbocycles. The zero-order chi connectivity index (χ0) is 15.9. The molecule has 4 heteroatoms. The Bertz CT molecular complexity index is 459. The Balaban J connectivity index is 1.69. The third kappa shape index (κ3) is 2.89. The molecular weight excluding hydrogens is 278 g/mol. The molecule has 5 atom stereocenters. The molecule has 0 spiro atoms. The van der Waals surface area contributed by atoms with Gasteiger partial charge in [0.05, 0.1) is 5.41 Å². The minimum atomic E-state index is -0.415. The number of rotatable bonds is 3.